The SMILES string of the molecule is NC(=O)Nc1cc(NC=O)sc1NC=O. The highest BCUT2D eigenvalue weighted by molar-refractivity contribution is 7.21. The maximum absolute atomic E-state index is 10.6. The Morgan fingerprint density at radius 3 is 2.53 bits per heavy atom. The third-order valence-corrected chi connectivity index (χ3v) is 2.38. The Balaban J connectivity index is 2.93. The first-order valence-electron chi connectivity index (χ1n) is 3.78. The molecule has 1 aromatic heterocycles. The van der Waals surface area contributed by atoms with Crippen LogP contribution in [0.15, 0.2) is 6.07 Å². The minimum absolute atomic E-state index is 0.337. The first-order chi connectivity index (χ1) is 7.17. The van der Waals surface area contributed by atoms with E-state index in [-0.39, 0.29) is 0 Å². The Hall–Kier alpha value is -2.09. The topological polar surface area (TPSA) is 113 Å². The van der Waals surface area contributed by atoms with Gasteiger partial charge >= 0.3 is 6.03 Å². The van der Waals surface area contributed by atoms with Gasteiger partial charge in [0.15, 0.2) is 0 Å². The number of hydrogen-bond acceptors (Lipinski definition) is 4. The lowest BCUT2D eigenvalue weighted by Crippen LogP contribution is -2.19. The molecule has 0 aliphatic carbocycles. The number of hydrogen-bond donors (Lipinski definition) is 4. The van der Waals surface area contributed by atoms with Gasteiger partial charge in [0.05, 0.1) is 10.7 Å². The van der Waals surface area contributed by atoms with Gasteiger partial charge in [-0.25, -0.2) is 4.79 Å². The van der Waals surface area contributed by atoms with Gasteiger partial charge < -0.3 is 21.7 Å². The lowest BCUT2D eigenvalue weighted by molar-refractivity contribution is -0.106. The molecular weight excluding hydrogens is 220 g/mol. The van der Waals surface area contributed by atoms with Gasteiger partial charge in [-0.15, -0.1) is 0 Å². The number of rotatable bonds is 5. The smallest absolute Gasteiger partial charge is 0.316 e. The van der Waals surface area contributed by atoms with E-state index < -0.39 is 6.03 Å². The summed E-state index contributed by atoms with van der Waals surface area (Å²) < 4.78 is 0. The number of carbonyl (C=O) groups excluding carboxylic acids is 3. The maximum atomic E-state index is 10.6. The molecule has 8 heteroatoms. The molecule has 0 bridgehead atoms. The third-order valence-electron chi connectivity index (χ3n) is 1.38. The fourth-order valence-corrected chi connectivity index (χ4v) is 1.74. The molecule has 0 saturated heterocycles. The molecule has 0 fully saturated rings. The van der Waals surface area contributed by atoms with Gasteiger partial charge in [0, 0.05) is 0 Å². The molecule has 0 aromatic carbocycles. The van der Waals surface area contributed by atoms with Gasteiger partial charge in [0.1, 0.15) is 5.00 Å². The molecule has 0 unspecified atom stereocenters. The highest BCUT2D eigenvalue weighted by Crippen LogP contribution is 2.35. The number of urea groups is 1. The van der Waals surface area contributed by atoms with E-state index >= 15 is 0 Å². The van der Waals surface area contributed by atoms with E-state index in [1.807, 2.05) is 0 Å². The van der Waals surface area contributed by atoms with Crippen LogP contribution in [0, 0.1) is 0 Å². The largest absolute Gasteiger partial charge is 0.351 e. The fourth-order valence-electron chi connectivity index (χ4n) is 0.907. The molecule has 7 nitrogen and oxygen atoms in total. The average Bonchev–Trinajstić information content (AvgIpc) is 2.48. The molecule has 0 saturated carbocycles. The molecule has 0 aliphatic rings. The van der Waals surface area contributed by atoms with Gasteiger partial charge in [-0.3, -0.25) is 9.59 Å². The first-order valence-corrected chi connectivity index (χ1v) is 4.59. The molecule has 1 rings (SSSR count). The Bertz CT molecular complexity index is 390. The molecule has 5 N–H and O–H groups in total. The zero-order valence-corrected chi connectivity index (χ0v) is 8.26. The zero-order valence-electron chi connectivity index (χ0n) is 7.44. The molecule has 80 valence electrons. The van der Waals surface area contributed by atoms with Crippen LogP contribution >= 0.6 is 11.3 Å². The predicted octanol–water partition coefficient (Wildman–Crippen LogP) is 0.375. The minimum Gasteiger partial charge on any atom is -0.351 e. The number of primary amides is 1. The summed E-state index contributed by atoms with van der Waals surface area (Å²) in [5, 5.41) is 7.95. The van der Waals surface area contributed by atoms with Crippen LogP contribution in [0.4, 0.5) is 20.5 Å². The standard InChI is InChI=1S/C7H8N4O3S/c8-7(14)11-4-1-5(9-2-12)15-6(4)10-3-13/h1-3H,(H,9,12)(H,10,13)(H3,8,11,14). The summed E-state index contributed by atoms with van der Waals surface area (Å²) in [5.41, 5.74) is 5.26. The van der Waals surface area contributed by atoms with Crippen LogP contribution in [-0.4, -0.2) is 18.9 Å². The van der Waals surface area contributed by atoms with Crippen LogP contribution in [0.2, 0.25) is 0 Å². The van der Waals surface area contributed by atoms with Crippen molar-refractivity contribution in [3.63, 3.8) is 0 Å². The van der Waals surface area contributed by atoms with Crippen molar-refractivity contribution < 1.29 is 14.4 Å². The van der Waals surface area contributed by atoms with Gasteiger partial charge in [0.25, 0.3) is 0 Å². The predicted molar refractivity (Wildman–Crippen MR) is 56.9 cm³/mol. The average molecular weight is 228 g/mol. The van der Waals surface area contributed by atoms with Crippen LogP contribution < -0.4 is 21.7 Å². The molecule has 0 atom stereocenters. The van der Waals surface area contributed by atoms with Gasteiger partial charge in [0.2, 0.25) is 12.8 Å². The van der Waals surface area contributed by atoms with E-state index in [9.17, 15) is 14.4 Å². The Kier molecular flexibility index (Phi) is 3.63. The fraction of sp³-hybridized carbons (Fsp3) is 0. The van der Waals surface area contributed by atoms with Crippen LogP contribution in [0.3, 0.4) is 0 Å². The van der Waals surface area contributed by atoms with Crippen LogP contribution in [0.1, 0.15) is 0 Å². The monoisotopic (exact) mass is 228 g/mol. The quantitative estimate of drug-likeness (QED) is 0.546. The normalized spacial score (nSPS) is 9.07. The van der Waals surface area contributed by atoms with E-state index in [2.05, 4.69) is 16.0 Å². The number of anilines is 3. The van der Waals surface area contributed by atoms with Crippen molar-refractivity contribution in [2.45, 2.75) is 0 Å². The van der Waals surface area contributed by atoms with E-state index in [1.165, 1.54) is 6.07 Å². The van der Waals surface area contributed by atoms with Crippen molar-refractivity contribution in [1.29, 1.82) is 0 Å². The molecule has 1 aromatic rings. The van der Waals surface area contributed by atoms with Crippen molar-refractivity contribution in [3.05, 3.63) is 6.07 Å². The molecule has 15 heavy (non-hydrogen) atoms. The van der Waals surface area contributed by atoms with Crippen LogP contribution in [-0.2, 0) is 9.59 Å². The summed E-state index contributed by atoms with van der Waals surface area (Å²) in [6.07, 6.45) is 0.952. The molecule has 0 aliphatic heterocycles. The number of nitrogens with two attached hydrogens (primary N) is 1. The Labute approximate surface area is 88.6 Å². The molecule has 4 amide bonds. The molecular formula is C7H8N4O3S. The summed E-state index contributed by atoms with van der Waals surface area (Å²) in [5.74, 6) is 0. The lowest BCUT2D eigenvalue weighted by atomic mass is 10.4. The van der Waals surface area contributed by atoms with E-state index in [0.29, 0.717) is 28.5 Å². The zero-order chi connectivity index (χ0) is 11.3. The lowest BCUT2D eigenvalue weighted by Gasteiger charge is -2.00. The van der Waals surface area contributed by atoms with E-state index in [1.54, 1.807) is 0 Å². The molecule has 0 radical (unpaired) electrons. The second kappa shape index (κ2) is 4.96. The summed E-state index contributed by atoms with van der Waals surface area (Å²) in [6, 6.07) is 0.731. The van der Waals surface area contributed by atoms with Gasteiger partial charge in [-0.2, -0.15) is 0 Å². The summed E-state index contributed by atoms with van der Waals surface area (Å²) in [7, 11) is 0. The van der Waals surface area contributed by atoms with Crippen molar-refractivity contribution in [2.24, 2.45) is 5.73 Å². The maximum Gasteiger partial charge on any atom is 0.316 e. The van der Waals surface area contributed by atoms with Crippen molar-refractivity contribution in [2.75, 3.05) is 16.0 Å². The van der Waals surface area contributed by atoms with Crippen molar-refractivity contribution >= 4 is 45.9 Å². The van der Waals surface area contributed by atoms with Crippen molar-refractivity contribution in [3.8, 4) is 0 Å². The summed E-state index contributed by atoms with van der Waals surface area (Å²) in [6.45, 7) is 0. The van der Waals surface area contributed by atoms with Crippen molar-refractivity contribution in [1.82, 2.24) is 0 Å². The number of thiophene rings is 1. The Morgan fingerprint density at radius 2 is 2.00 bits per heavy atom. The van der Waals surface area contributed by atoms with Crippen LogP contribution in [0.5, 0.6) is 0 Å². The molecule has 1 heterocycles. The first kappa shape index (κ1) is 11.0. The number of nitrogens with one attached hydrogen (secondary N) is 3. The second-order valence-corrected chi connectivity index (χ2v) is 3.42. The second-order valence-electron chi connectivity index (χ2n) is 2.37. The Morgan fingerprint density at radius 1 is 1.33 bits per heavy atom. The number of amides is 4. The van der Waals surface area contributed by atoms with E-state index in [0.717, 1.165) is 11.3 Å². The van der Waals surface area contributed by atoms with E-state index in [4.69, 9.17) is 5.73 Å². The minimum atomic E-state index is -0.751. The number of carbonyl (C=O) groups is 3. The third kappa shape index (κ3) is 2.95. The highest BCUT2D eigenvalue weighted by atomic mass is 32.1. The highest BCUT2D eigenvalue weighted by Gasteiger charge is 2.09. The van der Waals surface area contributed by atoms with Crippen LogP contribution in [0.25, 0.3) is 0 Å². The summed E-state index contributed by atoms with van der Waals surface area (Å²) in [4.78, 5) is 31.0. The van der Waals surface area contributed by atoms with Gasteiger partial charge in [-0.1, -0.05) is 11.3 Å². The summed E-state index contributed by atoms with van der Waals surface area (Å²) >= 11 is 1.10. The van der Waals surface area contributed by atoms with Gasteiger partial charge in [-0.05, 0) is 6.07 Å². The molecule has 0 spiro atoms.